The van der Waals surface area contributed by atoms with Crippen LogP contribution in [-0.2, 0) is 9.53 Å². The molecule has 1 aromatic carbocycles. The molecule has 0 amide bonds. The minimum atomic E-state index is -0.438. The van der Waals surface area contributed by atoms with Gasteiger partial charge >= 0.3 is 5.97 Å². The number of para-hydroxylation sites is 1. The van der Waals surface area contributed by atoms with Gasteiger partial charge in [0, 0.05) is 6.08 Å². The van der Waals surface area contributed by atoms with Crippen molar-refractivity contribution in [1.82, 2.24) is 0 Å². The van der Waals surface area contributed by atoms with Crippen LogP contribution < -0.4 is 4.74 Å². The Bertz CT molecular complexity index is 396. The zero-order chi connectivity index (χ0) is 11.8. The highest BCUT2D eigenvalue weighted by molar-refractivity contribution is 5.81. The maximum Gasteiger partial charge on any atom is 0.330 e. The summed E-state index contributed by atoms with van der Waals surface area (Å²) >= 11 is 0. The van der Waals surface area contributed by atoms with Crippen LogP contribution in [0.5, 0.6) is 5.75 Å². The van der Waals surface area contributed by atoms with Crippen LogP contribution in [0.15, 0.2) is 36.4 Å². The first-order valence-corrected chi connectivity index (χ1v) is 4.69. The largest absolute Gasteiger partial charge is 0.489 e. The van der Waals surface area contributed by atoms with Gasteiger partial charge < -0.3 is 9.47 Å². The van der Waals surface area contributed by atoms with Crippen LogP contribution in [0.4, 0.5) is 0 Å². The van der Waals surface area contributed by atoms with Gasteiger partial charge in [-0.3, -0.25) is 4.79 Å². The van der Waals surface area contributed by atoms with Crippen molar-refractivity contribution in [2.24, 2.45) is 0 Å². The van der Waals surface area contributed by atoms with Crippen LogP contribution in [0.25, 0.3) is 0 Å². The molecule has 0 heterocycles. The van der Waals surface area contributed by atoms with Gasteiger partial charge in [-0.15, -0.1) is 0 Å². The number of esters is 1. The number of hydrogen-bond acceptors (Lipinski definition) is 4. The van der Waals surface area contributed by atoms with Crippen molar-refractivity contribution in [3.63, 3.8) is 0 Å². The quantitative estimate of drug-likeness (QED) is 0.429. The molecule has 16 heavy (non-hydrogen) atoms. The minimum Gasteiger partial charge on any atom is -0.489 e. The zero-order valence-corrected chi connectivity index (χ0v) is 8.88. The first kappa shape index (κ1) is 12.0. The minimum absolute atomic E-state index is 0.208. The Morgan fingerprint density at radius 3 is 2.81 bits per heavy atom. The second-order valence-corrected chi connectivity index (χ2v) is 2.89. The highest BCUT2D eigenvalue weighted by Crippen LogP contribution is 2.15. The summed E-state index contributed by atoms with van der Waals surface area (Å²) in [5.74, 6) is 0.0549. The molecule has 4 nitrogen and oxygen atoms in total. The Morgan fingerprint density at radius 2 is 2.12 bits per heavy atom. The van der Waals surface area contributed by atoms with E-state index in [1.807, 2.05) is 0 Å². The molecular weight excluding hydrogens is 208 g/mol. The van der Waals surface area contributed by atoms with Crippen LogP contribution in [-0.4, -0.2) is 26.0 Å². The molecule has 0 spiro atoms. The van der Waals surface area contributed by atoms with Gasteiger partial charge in [0.15, 0.2) is 6.29 Å². The molecule has 0 aliphatic carbocycles. The highest BCUT2D eigenvalue weighted by atomic mass is 16.5. The van der Waals surface area contributed by atoms with Crippen LogP contribution in [0.3, 0.4) is 0 Å². The number of hydrogen-bond donors (Lipinski definition) is 0. The molecule has 0 saturated heterocycles. The third kappa shape index (κ3) is 3.57. The summed E-state index contributed by atoms with van der Waals surface area (Å²) in [6.07, 6.45) is 3.51. The summed E-state index contributed by atoms with van der Waals surface area (Å²) in [6.45, 7) is 0.208. The number of carbonyl (C=O) groups excluding carboxylic acids is 2. The lowest BCUT2D eigenvalue weighted by molar-refractivity contribution is -0.134. The fourth-order valence-corrected chi connectivity index (χ4v) is 1.06. The lowest BCUT2D eigenvalue weighted by Gasteiger charge is -2.04. The first-order chi connectivity index (χ1) is 7.77. The molecule has 0 fully saturated rings. The fraction of sp³-hybridized carbons (Fsp3) is 0.167. The number of ether oxygens (including phenoxy) is 2. The molecule has 1 rings (SSSR count). The van der Waals surface area contributed by atoms with Gasteiger partial charge in [-0.25, -0.2) is 4.79 Å². The van der Waals surface area contributed by atoms with Gasteiger partial charge in [0.05, 0.1) is 12.7 Å². The molecule has 0 radical (unpaired) electrons. The number of benzene rings is 1. The van der Waals surface area contributed by atoms with Crippen molar-refractivity contribution >= 4 is 12.3 Å². The smallest absolute Gasteiger partial charge is 0.330 e. The van der Waals surface area contributed by atoms with Crippen molar-refractivity contribution in [1.29, 1.82) is 0 Å². The Morgan fingerprint density at radius 1 is 1.38 bits per heavy atom. The molecular formula is C12H12O4. The second kappa shape index (κ2) is 6.40. The average Bonchev–Trinajstić information content (AvgIpc) is 2.34. The number of carbonyl (C=O) groups is 2. The summed E-state index contributed by atoms with van der Waals surface area (Å²) in [5.41, 5.74) is 0.481. The van der Waals surface area contributed by atoms with E-state index in [0.29, 0.717) is 11.3 Å². The molecule has 84 valence electrons. The van der Waals surface area contributed by atoms with Crippen molar-refractivity contribution in [3.8, 4) is 5.75 Å². The van der Waals surface area contributed by atoms with Crippen molar-refractivity contribution < 1.29 is 19.1 Å². The molecule has 0 bridgehead atoms. The highest BCUT2D eigenvalue weighted by Gasteiger charge is 1.99. The zero-order valence-electron chi connectivity index (χ0n) is 8.88. The Kier molecular flexibility index (Phi) is 4.79. The SMILES string of the molecule is COC(=O)C=CCOc1ccccc1C=O. The van der Waals surface area contributed by atoms with Crippen molar-refractivity contribution in [2.45, 2.75) is 0 Å². The van der Waals surface area contributed by atoms with Gasteiger partial charge in [-0.1, -0.05) is 12.1 Å². The first-order valence-electron chi connectivity index (χ1n) is 4.69. The van der Waals surface area contributed by atoms with E-state index >= 15 is 0 Å². The normalized spacial score (nSPS) is 10.1. The Labute approximate surface area is 93.5 Å². The topological polar surface area (TPSA) is 52.6 Å². The van der Waals surface area contributed by atoms with Gasteiger partial charge in [-0.05, 0) is 18.2 Å². The number of aldehydes is 1. The third-order valence-electron chi connectivity index (χ3n) is 1.84. The summed E-state index contributed by atoms with van der Waals surface area (Å²) in [4.78, 5) is 21.4. The van der Waals surface area contributed by atoms with E-state index in [9.17, 15) is 9.59 Å². The number of methoxy groups -OCH3 is 1. The van der Waals surface area contributed by atoms with Crippen LogP contribution >= 0.6 is 0 Å². The summed E-state index contributed by atoms with van der Waals surface area (Å²) < 4.78 is 9.71. The monoisotopic (exact) mass is 220 g/mol. The Balaban J connectivity index is 2.51. The molecule has 0 aromatic heterocycles. The van der Waals surface area contributed by atoms with E-state index in [4.69, 9.17) is 4.74 Å². The van der Waals surface area contributed by atoms with E-state index in [1.54, 1.807) is 24.3 Å². The van der Waals surface area contributed by atoms with Gasteiger partial charge in [0.25, 0.3) is 0 Å². The lowest BCUT2D eigenvalue weighted by Crippen LogP contribution is -1.99. The third-order valence-corrected chi connectivity index (χ3v) is 1.84. The van der Waals surface area contributed by atoms with E-state index < -0.39 is 5.97 Å². The van der Waals surface area contributed by atoms with Crippen molar-refractivity contribution in [3.05, 3.63) is 42.0 Å². The average molecular weight is 220 g/mol. The standard InChI is InChI=1S/C12H12O4/c1-15-12(14)7-4-8-16-11-6-3-2-5-10(11)9-13/h2-7,9H,8H2,1H3. The molecule has 0 N–H and O–H groups in total. The number of rotatable bonds is 5. The molecule has 0 aliphatic rings. The van der Waals surface area contributed by atoms with Gasteiger partial charge in [0.2, 0.25) is 0 Å². The van der Waals surface area contributed by atoms with E-state index in [-0.39, 0.29) is 6.61 Å². The van der Waals surface area contributed by atoms with E-state index in [0.717, 1.165) is 6.29 Å². The Hall–Kier alpha value is -2.10. The molecule has 0 aliphatic heterocycles. The maximum atomic E-state index is 10.7. The predicted molar refractivity (Wildman–Crippen MR) is 58.5 cm³/mol. The van der Waals surface area contributed by atoms with Crippen LogP contribution in [0.2, 0.25) is 0 Å². The molecule has 4 heteroatoms. The van der Waals surface area contributed by atoms with E-state index in [1.165, 1.54) is 19.3 Å². The second-order valence-electron chi connectivity index (χ2n) is 2.89. The molecule has 0 saturated carbocycles. The summed E-state index contributed by atoms with van der Waals surface area (Å²) in [5, 5.41) is 0. The molecule has 0 atom stereocenters. The van der Waals surface area contributed by atoms with Crippen LogP contribution in [0, 0.1) is 0 Å². The van der Waals surface area contributed by atoms with Crippen molar-refractivity contribution in [2.75, 3.05) is 13.7 Å². The maximum absolute atomic E-state index is 10.7. The summed E-state index contributed by atoms with van der Waals surface area (Å²) in [7, 11) is 1.30. The summed E-state index contributed by atoms with van der Waals surface area (Å²) in [6, 6.07) is 6.87. The lowest BCUT2D eigenvalue weighted by atomic mass is 10.2. The van der Waals surface area contributed by atoms with Gasteiger partial charge in [0.1, 0.15) is 12.4 Å². The van der Waals surface area contributed by atoms with Gasteiger partial charge in [-0.2, -0.15) is 0 Å². The fourth-order valence-electron chi connectivity index (χ4n) is 1.06. The van der Waals surface area contributed by atoms with E-state index in [2.05, 4.69) is 4.74 Å². The predicted octanol–water partition coefficient (Wildman–Crippen LogP) is 1.61. The molecule has 0 unspecified atom stereocenters. The molecule has 1 aromatic rings. The van der Waals surface area contributed by atoms with Crippen LogP contribution in [0.1, 0.15) is 10.4 Å².